The Labute approximate surface area is 135 Å². The lowest BCUT2D eigenvalue weighted by atomic mass is 10.2. The summed E-state index contributed by atoms with van der Waals surface area (Å²) in [6, 6.07) is 9.60. The Kier molecular flexibility index (Phi) is 6.44. The molecular formula is C14H21N6OS+. The SMILES string of the molecule is CCC[NH+]1NNC(NC(=S)NC(=O)/C=C/c2ccccc2)N1. The van der Waals surface area contributed by atoms with Crippen LogP contribution in [0.4, 0.5) is 0 Å². The third kappa shape index (κ3) is 5.51. The van der Waals surface area contributed by atoms with Gasteiger partial charge in [0, 0.05) is 6.08 Å². The molecule has 0 aliphatic carbocycles. The summed E-state index contributed by atoms with van der Waals surface area (Å²) in [4.78, 5) is 11.8. The van der Waals surface area contributed by atoms with Crippen molar-refractivity contribution in [3.8, 4) is 0 Å². The Bertz CT molecular complexity index is 535. The first-order valence-electron chi connectivity index (χ1n) is 7.16. The second-order valence-electron chi connectivity index (χ2n) is 4.78. The highest BCUT2D eigenvalue weighted by molar-refractivity contribution is 7.80. The standard InChI is InChI=1S/C14H20N6OS/c1-2-10-20-18-13(17-19-20)16-14(22)15-12(21)9-8-11-6-4-3-5-7-11/h3-9,13,17-19H,2,10H2,1H3,(H2,15,16,21,22)/p+1/b9-8+. The van der Waals surface area contributed by atoms with Gasteiger partial charge in [-0.2, -0.15) is 10.5 Å². The molecule has 1 aliphatic rings. The van der Waals surface area contributed by atoms with Gasteiger partial charge < -0.3 is 5.32 Å². The van der Waals surface area contributed by atoms with Gasteiger partial charge in [0.15, 0.2) is 11.4 Å². The molecule has 118 valence electrons. The Morgan fingerprint density at radius 2 is 2.18 bits per heavy atom. The predicted molar refractivity (Wildman–Crippen MR) is 88.7 cm³/mol. The summed E-state index contributed by atoms with van der Waals surface area (Å²) < 4.78 is 0. The molecule has 1 amide bonds. The summed E-state index contributed by atoms with van der Waals surface area (Å²) in [5.74, 6) is -0.273. The van der Waals surface area contributed by atoms with E-state index in [-0.39, 0.29) is 17.3 Å². The van der Waals surface area contributed by atoms with Crippen LogP contribution in [-0.4, -0.2) is 23.9 Å². The molecule has 1 aromatic carbocycles. The minimum Gasteiger partial charge on any atom is -0.329 e. The predicted octanol–water partition coefficient (Wildman–Crippen LogP) is -1.20. The molecule has 1 aromatic rings. The van der Waals surface area contributed by atoms with Crippen molar-refractivity contribution in [1.82, 2.24) is 27.0 Å². The Balaban J connectivity index is 1.73. The maximum absolute atomic E-state index is 11.8. The van der Waals surface area contributed by atoms with Gasteiger partial charge in [-0.1, -0.05) is 42.8 Å². The average molecular weight is 321 g/mol. The number of hydrazine groups is 1. The summed E-state index contributed by atoms with van der Waals surface area (Å²) in [6.45, 7) is 3.02. The van der Waals surface area contributed by atoms with Crippen molar-refractivity contribution in [2.75, 3.05) is 6.54 Å². The van der Waals surface area contributed by atoms with E-state index in [0.29, 0.717) is 0 Å². The lowest BCUT2D eigenvalue weighted by Crippen LogP contribution is -3.22. The molecule has 1 heterocycles. The van der Waals surface area contributed by atoms with E-state index in [9.17, 15) is 4.79 Å². The summed E-state index contributed by atoms with van der Waals surface area (Å²) in [5.41, 5.74) is 10.1. The van der Waals surface area contributed by atoms with Crippen LogP contribution in [0.2, 0.25) is 0 Å². The fraction of sp³-hybridized carbons (Fsp3) is 0.286. The monoisotopic (exact) mass is 321 g/mol. The van der Waals surface area contributed by atoms with Crippen molar-refractivity contribution in [2.45, 2.75) is 19.6 Å². The lowest BCUT2D eigenvalue weighted by molar-refractivity contribution is -0.978. The van der Waals surface area contributed by atoms with Crippen LogP contribution >= 0.6 is 12.2 Å². The van der Waals surface area contributed by atoms with E-state index in [2.05, 4.69) is 33.9 Å². The zero-order chi connectivity index (χ0) is 15.8. The minimum absolute atomic E-state index is 0.243. The first-order chi connectivity index (χ1) is 10.7. The fourth-order valence-electron chi connectivity index (χ4n) is 1.92. The smallest absolute Gasteiger partial charge is 0.250 e. The molecule has 2 unspecified atom stereocenters. The Hall–Kier alpha value is -1.84. The van der Waals surface area contributed by atoms with Crippen LogP contribution in [0.25, 0.3) is 6.08 Å². The number of amides is 1. The highest BCUT2D eigenvalue weighted by Crippen LogP contribution is 2.00. The van der Waals surface area contributed by atoms with Gasteiger partial charge in [-0.15, -0.1) is 5.43 Å². The maximum Gasteiger partial charge on any atom is 0.250 e. The zero-order valence-corrected chi connectivity index (χ0v) is 13.2. The topological polar surface area (TPSA) is 81.7 Å². The summed E-state index contributed by atoms with van der Waals surface area (Å²) in [5, 5.41) is 6.81. The van der Waals surface area contributed by atoms with E-state index in [0.717, 1.165) is 23.6 Å². The van der Waals surface area contributed by atoms with E-state index >= 15 is 0 Å². The van der Waals surface area contributed by atoms with Crippen LogP contribution in [-0.2, 0) is 4.79 Å². The van der Waals surface area contributed by atoms with E-state index in [1.54, 1.807) is 6.08 Å². The highest BCUT2D eigenvalue weighted by Gasteiger charge is 2.24. The molecule has 0 bridgehead atoms. The van der Waals surface area contributed by atoms with Gasteiger partial charge in [0.05, 0.1) is 0 Å². The van der Waals surface area contributed by atoms with Gasteiger partial charge in [0.2, 0.25) is 5.91 Å². The van der Waals surface area contributed by atoms with Gasteiger partial charge in [-0.25, -0.2) is 0 Å². The second-order valence-corrected chi connectivity index (χ2v) is 5.19. The van der Waals surface area contributed by atoms with E-state index in [4.69, 9.17) is 12.2 Å². The van der Waals surface area contributed by atoms with E-state index in [1.807, 2.05) is 30.3 Å². The summed E-state index contributed by atoms with van der Waals surface area (Å²) in [7, 11) is 0. The van der Waals surface area contributed by atoms with Crippen molar-refractivity contribution in [3.05, 3.63) is 42.0 Å². The molecule has 0 saturated carbocycles. The Morgan fingerprint density at radius 3 is 2.91 bits per heavy atom. The Morgan fingerprint density at radius 1 is 1.41 bits per heavy atom. The molecule has 2 atom stereocenters. The quantitative estimate of drug-likeness (QED) is 0.302. The van der Waals surface area contributed by atoms with Crippen molar-refractivity contribution < 1.29 is 9.91 Å². The number of thiocarbonyl (C=S) groups is 1. The van der Waals surface area contributed by atoms with E-state index in [1.165, 1.54) is 6.08 Å². The van der Waals surface area contributed by atoms with Crippen LogP contribution in [0.15, 0.2) is 36.4 Å². The van der Waals surface area contributed by atoms with Crippen LogP contribution in [0.1, 0.15) is 18.9 Å². The number of quaternary nitrogens is 1. The molecule has 1 saturated heterocycles. The molecule has 1 fully saturated rings. The lowest BCUT2D eigenvalue weighted by Gasteiger charge is -2.13. The molecule has 8 heteroatoms. The largest absolute Gasteiger partial charge is 0.329 e. The molecule has 22 heavy (non-hydrogen) atoms. The van der Waals surface area contributed by atoms with Crippen molar-refractivity contribution in [3.63, 3.8) is 0 Å². The number of benzene rings is 1. The fourth-order valence-corrected chi connectivity index (χ4v) is 2.14. The third-order valence-corrected chi connectivity index (χ3v) is 3.14. The maximum atomic E-state index is 11.8. The van der Waals surface area contributed by atoms with Crippen LogP contribution < -0.4 is 32.1 Å². The number of nitrogens with one attached hydrogen (secondary N) is 6. The van der Waals surface area contributed by atoms with Gasteiger partial charge in [-0.3, -0.25) is 10.1 Å². The number of carbonyl (C=O) groups is 1. The molecule has 0 radical (unpaired) electrons. The van der Waals surface area contributed by atoms with Gasteiger partial charge >= 0.3 is 0 Å². The molecule has 6 N–H and O–H groups in total. The van der Waals surface area contributed by atoms with Crippen LogP contribution in [0.3, 0.4) is 0 Å². The summed E-state index contributed by atoms with van der Waals surface area (Å²) >= 11 is 5.11. The molecule has 0 spiro atoms. The molecule has 2 rings (SSSR count). The van der Waals surface area contributed by atoms with Crippen LogP contribution in [0.5, 0.6) is 0 Å². The van der Waals surface area contributed by atoms with Crippen LogP contribution in [0, 0.1) is 0 Å². The highest BCUT2D eigenvalue weighted by atomic mass is 32.1. The van der Waals surface area contributed by atoms with Crippen molar-refractivity contribution >= 4 is 29.3 Å². The van der Waals surface area contributed by atoms with E-state index < -0.39 is 0 Å². The molecule has 7 nitrogen and oxygen atoms in total. The number of hydrogen-bond acceptors (Lipinski definition) is 5. The second kappa shape index (κ2) is 8.57. The van der Waals surface area contributed by atoms with Gasteiger partial charge in [0.1, 0.15) is 6.54 Å². The number of rotatable bonds is 5. The molecule has 1 aliphatic heterocycles. The van der Waals surface area contributed by atoms with Crippen molar-refractivity contribution in [1.29, 1.82) is 0 Å². The zero-order valence-electron chi connectivity index (χ0n) is 12.3. The number of carbonyl (C=O) groups excluding carboxylic acids is 1. The normalized spacial score (nSPS) is 21.0. The first-order valence-corrected chi connectivity index (χ1v) is 7.56. The minimum atomic E-state index is -0.273. The van der Waals surface area contributed by atoms with Gasteiger partial charge in [-0.05, 0) is 30.3 Å². The molecule has 0 aromatic heterocycles. The van der Waals surface area contributed by atoms with Crippen molar-refractivity contribution in [2.24, 2.45) is 0 Å². The average Bonchev–Trinajstić information content (AvgIpc) is 2.93. The third-order valence-electron chi connectivity index (χ3n) is 2.92. The first kappa shape index (κ1) is 16.5. The van der Waals surface area contributed by atoms with Gasteiger partial charge in [0.25, 0.3) is 0 Å². The molecular weight excluding hydrogens is 300 g/mol. The summed E-state index contributed by atoms with van der Waals surface area (Å²) in [6.07, 6.45) is 3.98. The number of hydrogen-bond donors (Lipinski definition) is 6.